The van der Waals surface area contributed by atoms with Gasteiger partial charge in [0.15, 0.2) is 11.5 Å². The summed E-state index contributed by atoms with van der Waals surface area (Å²) in [6.45, 7) is 4.49. The number of benzene rings is 3. The maximum absolute atomic E-state index is 13.3. The Morgan fingerprint density at radius 1 is 0.865 bits per heavy atom. The summed E-state index contributed by atoms with van der Waals surface area (Å²) in [5, 5.41) is 3.09. The molecule has 0 radical (unpaired) electrons. The van der Waals surface area contributed by atoms with E-state index in [2.05, 4.69) is 18.3 Å². The lowest BCUT2D eigenvalue weighted by atomic mass is 9.92. The van der Waals surface area contributed by atoms with Gasteiger partial charge in [0.25, 0.3) is 0 Å². The largest absolute Gasteiger partial charge is 0.497 e. The second-order valence-electron chi connectivity index (χ2n) is 8.89. The summed E-state index contributed by atoms with van der Waals surface area (Å²) in [6.07, 6.45) is 2.09. The van der Waals surface area contributed by atoms with Crippen LogP contribution < -0.4 is 24.3 Å². The molecule has 0 saturated carbocycles. The molecule has 0 saturated heterocycles. The number of ether oxygens (including phenoxy) is 4. The van der Waals surface area contributed by atoms with Gasteiger partial charge in [-0.05, 0) is 83.2 Å². The number of hydrogen-bond acceptors (Lipinski definition) is 5. The molecule has 0 bridgehead atoms. The molecular weight excluding hydrogens is 466 g/mol. The number of hydrogen-bond donors (Lipinski definition) is 1. The molecule has 3 aromatic carbocycles. The molecule has 6 nitrogen and oxygen atoms in total. The van der Waals surface area contributed by atoms with E-state index in [1.54, 1.807) is 28.4 Å². The van der Waals surface area contributed by atoms with Crippen molar-refractivity contribution in [1.29, 1.82) is 0 Å². The minimum atomic E-state index is -0.361. The number of carbonyl (C=O) groups is 1. The number of allylic oxidation sites excluding steroid dienone is 2. The lowest BCUT2D eigenvalue weighted by molar-refractivity contribution is -0.123. The van der Waals surface area contributed by atoms with Crippen LogP contribution in [0.5, 0.6) is 23.0 Å². The summed E-state index contributed by atoms with van der Waals surface area (Å²) in [7, 11) is 6.44. The zero-order valence-electron chi connectivity index (χ0n) is 22.2. The van der Waals surface area contributed by atoms with E-state index in [1.807, 2.05) is 67.6 Å². The van der Waals surface area contributed by atoms with E-state index >= 15 is 0 Å². The van der Waals surface area contributed by atoms with E-state index in [4.69, 9.17) is 18.9 Å². The highest BCUT2D eigenvalue weighted by atomic mass is 16.5. The molecule has 6 heteroatoms. The summed E-state index contributed by atoms with van der Waals surface area (Å²) in [6, 6.07) is 19.7. The number of carbonyl (C=O) groups excluding carboxylic acids is 1. The first-order valence-corrected chi connectivity index (χ1v) is 12.1. The van der Waals surface area contributed by atoms with Crippen LogP contribution in [-0.2, 0) is 11.3 Å². The van der Waals surface area contributed by atoms with Crippen molar-refractivity contribution in [3.05, 3.63) is 88.5 Å². The van der Waals surface area contributed by atoms with Crippen LogP contribution in [0.2, 0.25) is 0 Å². The number of nitrogens with one attached hydrogen (secondary N) is 1. The van der Waals surface area contributed by atoms with Crippen molar-refractivity contribution < 1.29 is 23.7 Å². The van der Waals surface area contributed by atoms with Crippen molar-refractivity contribution in [2.45, 2.75) is 20.4 Å². The Hall–Kier alpha value is -4.19. The normalized spacial score (nSPS) is 14.3. The highest BCUT2D eigenvalue weighted by Gasteiger charge is 2.31. The van der Waals surface area contributed by atoms with Crippen LogP contribution >= 0.6 is 0 Å². The van der Waals surface area contributed by atoms with Crippen LogP contribution in [0.1, 0.15) is 36.1 Å². The van der Waals surface area contributed by atoms with Gasteiger partial charge in [-0.2, -0.15) is 0 Å². The van der Waals surface area contributed by atoms with Crippen LogP contribution in [0.4, 0.5) is 0 Å². The Morgan fingerprint density at radius 3 is 2.14 bits per heavy atom. The molecule has 1 aliphatic carbocycles. The van der Waals surface area contributed by atoms with E-state index in [0.29, 0.717) is 23.8 Å². The predicted molar refractivity (Wildman–Crippen MR) is 147 cm³/mol. The van der Waals surface area contributed by atoms with Crippen LogP contribution in [0.25, 0.3) is 17.2 Å². The average Bonchev–Trinajstić information content (AvgIpc) is 3.20. The first-order chi connectivity index (χ1) is 17.9. The maximum Gasteiger partial charge on any atom is 0.227 e. The Labute approximate surface area is 218 Å². The van der Waals surface area contributed by atoms with Gasteiger partial charge in [0.05, 0.1) is 34.4 Å². The molecule has 0 heterocycles. The highest BCUT2D eigenvalue weighted by Crippen LogP contribution is 2.47. The number of fused-ring (bicyclic) bond motifs is 1. The first kappa shape index (κ1) is 25.9. The van der Waals surface area contributed by atoms with Crippen LogP contribution in [-0.4, -0.2) is 34.3 Å². The standard InChI is InChI=1S/C31H33NO5/c1-19-25(14-22-15-27(35-4)30(37-6)28(16-22)36-5)24-13-12-23(34-3)17-26(24)29(19)20(2)31(33)32-18-21-10-8-7-9-11-21/h7-17,20H,18H2,1-6H3,(H,32,33)/b25-14+. The molecule has 4 rings (SSSR count). The van der Waals surface area contributed by atoms with Gasteiger partial charge >= 0.3 is 0 Å². The third-order valence-electron chi connectivity index (χ3n) is 6.75. The summed E-state index contributed by atoms with van der Waals surface area (Å²) in [4.78, 5) is 13.3. The van der Waals surface area contributed by atoms with Gasteiger partial charge in [-0.25, -0.2) is 0 Å². The van der Waals surface area contributed by atoms with Crippen molar-refractivity contribution in [3.63, 3.8) is 0 Å². The number of rotatable bonds is 9. The van der Waals surface area contributed by atoms with E-state index in [9.17, 15) is 4.79 Å². The smallest absolute Gasteiger partial charge is 0.227 e. The van der Waals surface area contributed by atoms with Crippen molar-refractivity contribution in [2.24, 2.45) is 5.92 Å². The lowest BCUT2D eigenvalue weighted by Gasteiger charge is -2.16. The van der Waals surface area contributed by atoms with Gasteiger partial charge in [-0.15, -0.1) is 0 Å². The van der Waals surface area contributed by atoms with Gasteiger partial charge in [-0.1, -0.05) is 36.4 Å². The molecule has 1 N–H and O–H groups in total. The third kappa shape index (κ3) is 5.19. The van der Waals surface area contributed by atoms with Crippen LogP contribution in [0, 0.1) is 5.92 Å². The molecule has 1 aliphatic rings. The Kier molecular flexibility index (Phi) is 7.87. The molecular formula is C31H33NO5. The third-order valence-corrected chi connectivity index (χ3v) is 6.75. The zero-order valence-corrected chi connectivity index (χ0v) is 22.2. The fraction of sp³-hybridized carbons (Fsp3) is 0.258. The predicted octanol–water partition coefficient (Wildman–Crippen LogP) is 6.00. The minimum absolute atomic E-state index is 0.0268. The van der Waals surface area contributed by atoms with E-state index in [0.717, 1.165) is 44.7 Å². The molecule has 192 valence electrons. The summed E-state index contributed by atoms with van der Waals surface area (Å²) in [5.74, 6) is 2.06. The van der Waals surface area contributed by atoms with Gasteiger partial charge in [0, 0.05) is 6.54 Å². The summed E-state index contributed by atoms with van der Waals surface area (Å²) < 4.78 is 22.1. The molecule has 1 unspecified atom stereocenters. The topological polar surface area (TPSA) is 66.0 Å². The van der Waals surface area contributed by atoms with Crippen molar-refractivity contribution in [2.75, 3.05) is 28.4 Å². The van der Waals surface area contributed by atoms with E-state index in [-0.39, 0.29) is 11.8 Å². The highest BCUT2D eigenvalue weighted by molar-refractivity contribution is 6.09. The molecule has 0 aliphatic heterocycles. The Bertz CT molecular complexity index is 1330. The second kappa shape index (κ2) is 11.2. The van der Waals surface area contributed by atoms with Crippen molar-refractivity contribution in [3.8, 4) is 23.0 Å². The van der Waals surface area contributed by atoms with Gasteiger partial charge < -0.3 is 24.3 Å². The van der Waals surface area contributed by atoms with Crippen LogP contribution in [0.3, 0.4) is 0 Å². The quantitative estimate of drug-likeness (QED) is 0.391. The monoisotopic (exact) mass is 499 g/mol. The Morgan fingerprint density at radius 2 is 1.54 bits per heavy atom. The maximum atomic E-state index is 13.3. The van der Waals surface area contributed by atoms with Crippen LogP contribution in [0.15, 0.2) is 66.2 Å². The first-order valence-electron chi connectivity index (χ1n) is 12.1. The van der Waals surface area contributed by atoms with Crippen molar-refractivity contribution in [1.82, 2.24) is 5.32 Å². The van der Waals surface area contributed by atoms with Crippen molar-refractivity contribution >= 4 is 23.1 Å². The number of amides is 1. The van der Waals surface area contributed by atoms with Gasteiger partial charge in [0.1, 0.15) is 5.75 Å². The molecule has 0 spiro atoms. The molecule has 1 atom stereocenters. The minimum Gasteiger partial charge on any atom is -0.497 e. The molecule has 3 aromatic rings. The molecule has 1 amide bonds. The zero-order chi connectivity index (χ0) is 26.5. The fourth-order valence-corrected chi connectivity index (χ4v) is 4.82. The van der Waals surface area contributed by atoms with Gasteiger partial charge in [-0.3, -0.25) is 4.79 Å². The number of methoxy groups -OCH3 is 4. The van der Waals surface area contributed by atoms with Gasteiger partial charge in [0.2, 0.25) is 11.7 Å². The molecule has 37 heavy (non-hydrogen) atoms. The van der Waals surface area contributed by atoms with E-state index in [1.165, 1.54) is 0 Å². The second-order valence-corrected chi connectivity index (χ2v) is 8.89. The molecule has 0 fully saturated rings. The molecule has 0 aromatic heterocycles. The lowest BCUT2D eigenvalue weighted by Crippen LogP contribution is -2.29. The fourth-order valence-electron chi connectivity index (χ4n) is 4.82. The summed E-state index contributed by atoms with van der Waals surface area (Å²) >= 11 is 0. The average molecular weight is 500 g/mol. The Balaban J connectivity index is 1.76. The van der Waals surface area contributed by atoms with E-state index < -0.39 is 0 Å². The SMILES string of the molecule is COc1ccc2c(c1)C(C(C)C(=O)NCc1ccccc1)=C(C)/C2=C\c1cc(OC)c(OC)c(OC)c1. The summed E-state index contributed by atoms with van der Waals surface area (Å²) in [5.41, 5.74) is 7.06.